The van der Waals surface area contributed by atoms with Crippen molar-refractivity contribution in [1.29, 1.82) is 0 Å². The Morgan fingerprint density at radius 2 is 1.82 bits per heavy atom. The summed E-state index contributed by atoms with van der Waals surface area (Å²) in [7, 11) is 0. The van der Waals surface area contributed by atoms with Gasteiger partial charge in [0.2, 0.25) is 5.43 Å². The Hall–Kier alpha value is -4.62. The number of benzene rings is 3. The number of rotatable bonds is 5. The number of phenolic OH excluding ortho intramolecular Hbond substituents is 1. The molecule has 3 aromatic carbocycles. The van der Waals surface area contributed by atoms with E-state index in [9.17, 15) is 14.7 Å². The molecule has 6 rings (SSSR count). The van der Waals surface area contributed by atoms with Gasteiger partial charge in [0.25, 0.3) is 0 Å². The third-order valence-electron chi connectivity index (χ3n) is 6.52. The molecule has 0 saturated carbocycles. The van der Waals surface area contributed by atoms with E-state index in [2.05, 4.69) is 4.98 Å². The molecule has 0 fully saturated rings. The summed E-state index contributed by atoms with van der Waals surface area (Å²) in [5, 5.41) is 11.4. The van der Waals surface area contributed by atoms with Gasteiger partial charge in [0.05, 0.1) is 17.7 Å². The average molecular weight is 526 g/mol. The number of fused-ring (bicyclic) bond motifs is 3. The van der Waals surface area contributed by atoms with E-state index in [1.807, 2.05) is 42.5 Å². The van der Waals surface area contributed by atoms with Crippen LogP contribution < -0.4 is 14.9 Å². The van der Waals surface area contributed by atoms with Gasteiger partial charge in [-0.25, -0.2) is 0 Å². The number of halogens is 1. The molecule has 1 aliphatic heterocycles. The molecule has 0 saturated heterocycles. The summed E-state index contributed by atoms with van der Waals surface area (Å²) in [6.45, 7) is 0.234. The third kappa shape index (κ3) is 4.27. The smallest absolute Gasteiger partial charge is 0.312 e. The van der Waals surface area contributed by atoms with Crippen LogP contribution in [-0.4, -0.2) is 16.1 Å². The van der Waals surface area contributed by atoms with Gasteiger partial charge in [-0.15, -0.1) is 0 Å². The lowest BCUT2D eigenvalue weighted by Crippen LogP contribution is -2.22. The SMILES string of the molecule is O=C1CC(c2ccccc2OCc2ccccn2)c2c(cc(O)c3c(=O)c(-c4ccc(Cl)cc4)coc23)O1. The average Bonchev–Trinajstić information content (AvgIpc) is 2.93. The topological polar surface area (TPSA) is 98.9 Å². The summed E-state index contributed by atoms with van der Waals surface area (Å²) in [4.78, 5) is 30.5. The Labute approximate surface area is 221 Å². The second kappa shape index (κ2) is 9.68. The molecule has 188 valence electrons. The normalized spacial score (nSPS) is 14.7. The van der Waals surface area contributed by atoms with Crippen LogP contribution in [0.5, 0.6) is 17.2 Å². The van der Waals surface area contributed by atoms with Crippen molar-refractivity contribution < 1.29 is 23.8 Å². The summed E-state index contributed by atoms with van der Waals surface area (Å²) in [5.41, 5.74) is 2.57. The van der Waals surface area contributed by atoms with Gasteiger partial charge in [0, 0.05) is 34.3 Å². The largest absolute Gasteiger partial charge is 0.507 e. The minimum Gasteiger partial charge on any atom is -0.507 e. The van der Waals surface area contributed by atoms with E-state index in [0.717, 1.165) is 11.3 Å². The zero-order valence-electron chi connectivity index (χ0n) is 19.9. The standard InChI is InChI=1S/C30H20ClNO6/c31-18-10-8-17(9-11-18)22-16-37-30-27-21(13-26(34)38-25(27)14-23(33)28(30)29(22)35)20-6-1-2-7-24(20)36-15-19-5-3-4-12-32-19/h1-12,14,16,21,33H,13,15H2. The minimum absolute atomic E-state index is 0.000514. The maximum absolute atomic E-state index is 13.6. The zero-order valence-corrected chi connectivity index (χ0v) is 20.6. The van der Waals surface area contributed by atoms with Gasteiger partial charge in [0.1, 0.15) is 41.1 Å². The quantitative estimate of drug-likeness (QED) is 0.214. The molecule has 38 heavy (non-hydrogen) atoms. The molecule has 1 atom stereocenters. The number of para-hydroxylation sites is 1. The van der Waals surface area contributed by atoms with E-state index in [1.165, 1.54) is 12.3 Å². The molecule has 0 amide bonds. The second-order valence-corrected chi connectivity index (χ2v) is 9.31. The van der Waals surface area contributed by atoms with Crippen LogP contribution in [-0.2, 0) is 11.4 Å². The molecule has 1 N–H and O–H groups in total. The molecule has 1 aliphatic rings. The van der Waals surface area contributed by atoms with Gasteiger partial charge in [-0.1, -0.05) is 48.0 Å². The number of nitrogens with zero attached hydrogens (tertiary/aromatic N) is 1. The number of aromatic hydroxyl groups is 1. The monoisotopic (exact) mass is 525 g/mol. The Morgan fingerprint density at radius 1 is 1.03 bits per heavy atom. The van der Waals surface area contributed by atoms with Gasteiger partial charge in [-0.2, -0.15) is 0 Å². The fraction of sp³-hybridized carbons (Fsp3) is 0.100. The van der Waals surface area contributed by atoms with Crippen LogP contribution in [0.15, 0.2) is 94.5 Å². The fourth-order valence-electron chi connectivity index (χ4n) is 4.76. The highest BCUT2D eigenvalue weighted by atomic mass is 35.5. The molecule has 0 bridgehead atoms. The lowest BCUT2D eigenvalue weighted by atomic mass is 9.84. The molecule has 8 heteroatoms. The first-order valence-corrected chi connectivity index (χ1v) is 12.3. The molecule has 3 heterocycles. The van der Waals surface area contributed by atoms with Crippen LogP contribution in [0.25, 0.3) is 22.1 Å². The van der Waals surface area contributed by atoms with Gasteiger partial charge in [0.15, 0.2) is 0 Å². The van der Waals surface area contributed by atoms with E-state index in [4.69, 9.17) is 25.5 Å². The summed E-state index contributed by atoms with van der Waals surface area (Å²) in [5.74, 6) is -0.653. The van der Waals surface area contributed by atoms with Crippen LogP contribution in [0.2, 0.25) is 5.02 Å². The number of pyridine rings is 1. The number of carbonyl (C=O) groups excluding carboxylic acids is 1. The second-order valence-electron chi connectivity index (χ2n) is 8.88. The van der Waals surface area contributed by atoms with Crippen LogP contribution in [0, 0.1) is 0 Å². The van der Waals surface area contributed by atoms with Crippen molar-refractivity contribution in [3.63, 3.8) is 0 Å². The van der Waals surface area contributed by atoms with Crippen molar-refractivity contribution in [2.24, 2.45) is 0 Å². The maximum Gasteiger partial charge on any atom is 0.312 e. The number of esters is 1. The predicted octanol–water partition coefficient (Wildman–Crippen LogP) is 6.23. The van der Waals surface area contributed by atoms with Crippen molar-refractivity contribution >= 4 is 28.5 Å². The van der Waals surface area contributed by atoms with E-state index in [1.54, 1.807) is 30.5 Å². The lowest BCUT2D eigenvalue weighted by Gasteiger charge is -2.27. The zero-order chi connectivity index (χ0) is 26.2. The number of hydrogen-bond donors (Lipinski definition) is 1. The van der Waals surface area contributed by atoms with E-state index in [-0.39, 0.29) is 41.1 Å². The molecule has 0 aliphatic carbocycles. The van der Waals surface area contributed by atoms with Crippen molar-refractivity contribution in [2.75, 3.05) is 0 Å². The number of phenols is 1. The van der Waals surface area contributed by atoms with Crippen LogP contribution in [0.4, 0.5) is 0 Å². The molecule has 0 spiro atoms. The summed E-state index contributed by atoms with van der Waals surface area (Å²) < 4.78 is 17.6. The number of hydrogen-bond acceptors (Lipinski definition) is 7. The molecule has 7 nitrogen and oxygen atoms in total. The van der Waals surface area contributed by atoms with Crippen molar-refractivity contribution in [2.45, 2.75) is 18.9 Å². The number of carbonyl (C=O) groups is 1. The number of aromatic nitrogens is 1. The van der Waals surface area contributed by atoms with E-state index < -0.39 is 17.3 Å². The molecule has 2 aromatic heterocycles. The van der Waals surface area contributed by atoms with E-state index in [0.29, 0.717) is 21.9 Å². The highest BCUT2D eigenvalue weighted by Crippen LogP contribution is 2.47. The Bertz CT molecular complexity index is 1730. The maximum atomic E-state index is 13.6. The third-order valence-corrected chi connectivity index (χ3v) is 6.77. The molecule has 0 radical (unpaired) electrons. The Balaban J connectivity index is 1.49. The highest BCUT2D eigenvalue weighted by molar-refractivity contribution is 6.30. The first kappa shape index (κ1) is 23.8. The molecular weight excluding hydrogens is 506 g/mol. The summed E-state index contributed by atoms with van der Waals surface area (Å²) in [6, 6.07) is 21.0. The van der Waals surface area contributed by atoms with Gasteiger partial charge >= 0.3 is 5.97 Å². The van der Waals surface area contributed by atoms with Crippen molar-refractivity contribution in [3.8, 4) is 28.4 Å². The Kier molecular flexibility index (Phi) is 6.05. The first-order chi connectivity index (χ1) is 18.5. The minimum atomic E-state index is -0.543. The van der Waals surface area contributed by atoms with Crippen molar-refractivity contribution in [1.82, 2.24) is 4.98 Å². The van der Waals surface area contributed by atoms with Gasteiger partial charge in [-0.3, -0.25) is 14.6 Å². The van der Waals surface area contributed by atoms with Crippen LogP contribution in [0.1, 0.15) is 29.2 Å². The van der Waals surface area contributed by atoms with E-state index >= 15 is 0 Å². The highest BCUT2D eigenvalue weighted by Gasteiger charge is 2.35. The van der Waals surface area contributed by atoms with Crippen LogP contribution >= 0.6 is 11.6 Å². The lowest BCUT2D eigenvalue weighted by molar-refractivity contribution is -0.135. The predicted molar refractivity (Wildman–Crippen MR) is 142 cm³/mol. The Morgan fingerprint density at radius 3 is 2.61 bits per heavy atom. The molecule has 5 aromatic rings. The van der Waals surface area contributed by atoms with Crippen molar-refractivity contribution in [3.05, 3.63) is 117 Å². The molecular formula is C30H20ClNO6. The molecule has 1 unspecified atom stereocenters. The summed E-state index contributed by atoms with van der Waals surface area (Å²) in [6.07, 6.45) is 3.04. The first-order valence-electron chi connectivity index (χ1n) is 11.9. The van der Waals surface area contributed by atoms with Gasteiger partial charge < -0.3 is 19.0 Å². The summed E-state index contributed by atoms with van der Waals surface area (Å²) >= 11 is 6.00. The number of ether oxygens (including phenoxy) is 2. The van der Waals surface area contributed by atoms with Gasteiger partial charge in [-0.05, 0) is 35.9 Å². The van der Waals surface area contributed by atoms with Crippen LogP contribution in [0.3, 0.4) is 0 Å². The fourth-order valence-corrected chi connectivity index (χ4v) is 4.89.